The second-order valence-corrected chi connectivity index (χ2v) is 6.83. The van der Waals surface area contributed by atoms with Gasteiger partial charge in [-0.2, -0.15) is 0 Å². The highest BCUT2D eigenvalue weighted by Crippen LogP contribution is 2.29. The summed E-state index contributed by atoms with van der Waals surface area (Å²) in [4.78, 5) is 6.92. The molecular formula is C17H29N3. The number of rotatable bonds is 5. The summed E-state index contributed by atoms with van der Waals surface area (Å²) in [6, 6.07) is 2.86. The van der Waals surface area contributed by atoms with Crippen molar-refractivity contribution in [3.63, 3.8) is 0 Å². The highest BCUT2D eigenvalue weighted by molar-refractivity contribution is 5.52. The summed E-state index contributed by atoms with van der Waals surface area (Å²) in [6.07, 6.45) is 9.35. The Balaban J connectivity index is 2.16. The predicted octanol–water partition coefficient (Wildman–Crippen LogP) is 3.74. The van der Waals surface area contributed by atoms with Gasteiger partial charge in [-0.3, -0.25) is 4.98 Å². The SMILES string of the molecule is CCN(c1cnccc1CNC(C)(C)C)C1CCCC1. The molecule has 1 N–H and O–H groups in total. The van der Waals surface area contributed by atoms with Gasteiger partial charge in [0, 0.05) is 30.9 Å². The lowest BCUT2D eigenvalue weighted by Crippen LogP contribution is -2.37. The number of nitrogens with zero attached hydrogens (tertiary/aromatic N) is 2. The third-order valence-electron chi connectivity index (χ3n) is 4.11. The van der Waals surface area contributed by atoms with E-state index in [1.165, 1.54) is 36.9 Å². The molecule has 112 valence electrons. The number of aromatic nitrogens is 1. The van der Waals surface area contributed by atoms with E-state index in [0.29, 0.717) is 6.04 Å². The van der Waals surface area contributed by atoms with Crippen molar-refractivity contribution < 1.29 is 0 Å². The van der Waals surface area contributed by atoms with Gasteiger partial charge in [0.05, 0.1) is 11.9 Å². The Hall–Kier alpha value is -1.09. The van der Waals surface area contributed by atoms with Crippen LogP contribution in [-0.4, -0.2) is 23.1 Å². The minimum Gasteiger partial charge on any atom is -0.367 e. The van der Waals surface area contributed by atoms with E-state index in [1.807, 2.05) is 12.4 Å². The predicted molar refractivity (Wildman–Crippen MR) is 86.1 cm³/mol. The second kappa shape index (κ2) is 6.57. The number of hydrogen-bond donors (Lipinski definition) is 1. The molecule has 3 heteroatoms. The zero-order chi connectivity index (χ0) is 14.6. The Bertz CT molecular complexity index is 416. The van der Waals surface area contributed by atoms with E-state index in [-0.39, 0.29) is 5.54 Å². The van der Waals surface area contributed by atoms with E-state index in [2.05, 4.69) is 49.0 Å². The first-order valence-corrected chi connectivity index (χ1v) is 7.96. The van der Waals surface area contributed by atoms with Crippen molar-refractivity contribution in [2.75, 3.05) is 11.4 Å². The third kappa shape index (κ3) is 3.95. The topological polar surface area (TPSA) is 28.2 Å². The van der Waals surface area contributed by atoms with Crippen LogP contribution in [0.3, 0.4) is 0 Å². The summed E-state index contributed by atoms with van der Waals surface area (Å²) in [5, 5.41) is 3.59. The maximum Gasteiger partial charge on any atom is 0.0600 e. The highest BCUT2D eigenvalue weighted by Gasteiger charge is 2.23. The average Bonchev–Trinajstić information content (AvgIpc) is 2.91. The molecular weight excluding hydrogens is 246 g/mol. The fourth-order valence-corrected chi connectivity index (χ4v) is 3.02. The average molecular weight is 275 g/mol. The van der Waals surface area contributed by atoms with Crippen LogP contribution in [0.5, 0.6) is 0 Å². The molecule has 0 unspecified atom stereocenters. The lowest BCUT2D eigenvalue weighted by atomic mass is 10.1. The minimum absolute atomic E-state index is 0.144. The minimum atomic E-state index is 0.144. The fraction of sp³-hybridized carbons (Fsp3) is 0.706. The summed E-state index contributed by atoms with van der Waals surface area (Å²) in [5.41, 5.74) is 2.83. The molecule has 1 aliphatic carbocycles. The molecule has 0 spiro atoms. The summed E-state index contributed by atoms with van der Waals surface area (Å²) in [6.45, 7) is 10.9. The number of nitrogens with one attached hydrogen (secondary N) is 1. The van der Waals surface area contributed by atoms with Gasteiger partial charge in [-0.15, -0.1) is 0 Å². The summed E-state index contributed by atoms with van der Waals surface area (Å²) < 4.78 is 0. The molecule has 0 aliphatic heterocycles. The normalized spacial score (nSPS) is 16.6. The van der Waals surface area contributed by atoms with Crippen LogP contribution < -0.4 is 10.2 Å². The van der Waals surface area contributed by atoms with Crippen molar-refractivity contribution in [2.24, 2.45) is 0 Å². The Labute approximate surface area is 123 Å². The van der Waals surface area contributed by atoms with Gasteiger partial charge in [-0.1, -0.05) is 12.8 Å². The van der Waals surface area contributed by atoms with E-state index in [0.717, 1.165) is 13.1 Å². The van der Waals surface area contributed by atoms with Crippen LogP contribution in [0.15, 0.2) is 18.5 Å². The molecule has 1 aromatic rings. The molecule has 0 saturated heterocycles. The molecule has 0 atom stereocenters. The Kier molecular flexibility index (Phi) is 5.03. The van der Waals surface area contributed by atoms with Gasteiger partial charge in [-0.25, -0.2) is 0 Å². The van der Waals surface area contributed by atoms with Crippen molar-refractivity contribution in [3.8, 4) is 0 Å². The van der Waals surface area contributed by atoms with Crippen LogP contribution in [0, 0.1) is 0 Å². The fourth-order valence-electron chi connectivity index (χ4n) is 3.02. The lowest BCUT2D eigenvalue weighted by molar-refractivity contribution is 0.424. The van der Waals surface area contributed by atoms with Crippen LogP contribution in [0.4, 0.5) is 5.69 Å². The highest BCUT2D eigenvalue weighted by atomic mass is 15.2. The van der Waals surface area contributed by atoms with Crippen molar-refractivity contribution in [1.82, 2.24) is 10.3 Å². The van der Waals surface area contributed by atoms with Gasteiger partial charge >= 0.3 is 0 Å². The molecule has 0 amide bonds. The largest absolute Gasteiger partial charge is 0.367 e. The lowest BCUT2D eigenvalue weighted by Gasteiger charge is -2.32. The quantitative estimate of drug-likeness (QED) is 0.887. The molecule has 3 nitrogen and oxygen atoms in total. The molecule has 0 radical (unpaired) electrons. The molecule has 1 fully saturated rings. The first-order valence-electron chi connectivity index (χ1n) is 7.96. The van der Waals surface area contributed by atoms with Crippen LogP contribution in [-0.2, 0) is 6.54 Å². The van der Waals surface area contributed by atoms with E-state index >= 15 is 0 Å². The summed E-state index contributed by atoms with van der Waals surface area (Å²) in [7, 11) is 0. The molecule has 1 saturated carbocycles. The van der Waals surface area contributed by atoms with Gasteiger partial charge in [0.25, 0.3) is 0 Å². The van der Waals surface area contributed by atoms with Crippen molar-refractivity contribution in [1.29, 1.82) is 0 Å². The Morgan fingerprint density at radius 3 is 2.60 bits per heavy atom. The zero-order valence-corrected chi connectivity index (χ0v) is 13.4. The second-order valence-electron chi connectivity index (χ2n) is 6.83. The molecule has 20 heavy (non-hydrogen) atoms. The third-order valence-corrected chi connectivity index (χ3v) is 4.11. The maximum absolute atomic E-state index is 4.36. The number of hydrogen-bond acceptors (Lipinski definition) is 3. The van der Waals surface area contributed by atoms with Gasteiger partial charge in [0.1, 0.15) is 0 Å². The molecule has 1 heterocycles. The molecule has 1 aromatic heterocycles. The van der Waals surface area contributed by atoms with Crippen molar-refractivity contribution >= 4 is 5.69 Å². The first-order chi connectivity index (χ1) is 9.51. The molecule has 0 aromatic carbocycles. The van der Waals surface area contributed by atoms with Gasteiger partial charge in [0.15, 0.2) is 0 Å². The van der Waals surface area contributed by atoms with E-state index in [1.54, 1.807) is 0 Å². The van der Waals surface area contributed by atoms with Crippen LogP contribution >= 0.6 is 0 Å². The Morgan fingerprint density at radius 1 is 1.30 bits per heavy atom. The number of anilines is 1. The molecule has 2 rings (SSSR count). The monoisotopic (exact) mass is 275 g/mol. The van der Waals surface area contributed by atoms with Gasteiger partial charge in [-0.05, 0) is 52.2 Å². The first kappa shape index (κ1) is 15.3. The molecule has 1 aliphatic rings. The van der Waals surface area contributed by atoms with Crippen LogP contribution in [0.2, 0.25) is 0 Å². The summed E-state index contributed by atoms with van der Waals surface area (Å²) >= 11 is 0. The Morgan fingerprint density at radius 2 is 2.00 bits per heavy atom. The van der Waals surface area contributed by atoms with E-state index < -0.39 is 0 Å². The molecule has 0 bridgehead atoms. The number of pyridine rings is 1. The van der Waals surface area contributed by atoms with Crippen molar-refractivity contribution in [3.05, 3.63) is 24.0 Å². The van der Waals surface area contributed by atoms with Crippen LogP contribution in [0.25, 0.3) is 0 Å². The maximum atomic E-state index is 4.36. The van der Waals surface area contributed by atoms with Gasteiger partial charge in [0.2, 0.25) is 0 Å². The summed E-state index contributed by atoms with van der Waals surface area (Å²) in [5.74, 6) is 0. The van der Waals surface area contributed by atoms with Crippen molar-refractivity contribution in [2.45, 2.75) is 71.5 Å². The van der Waals surface area contributed by atoms with E-state index in [4.69, 9.17) is 0 Å². The zero-order valence-electron chi connectivity index (χ0n) is 13.4. The standard InChI is InChI=1S/C17H29N3/c1-5-20(15-8-6-7-9-15)16-13-18-11-10-14(16)12-19-17(2,3)4/h10-11,13,15,19H,5-9,12H2,1-4H3. The van der Waals surface area contributed by atoms with Gasteiger partial charge < -0.3 is 10.2 Å². The smallest absolute Gasteiger partial charge is 0.0600 e. The van der Waals surface area contributed by atoms with Crippen LogP contribution in [0.1, 0.15) is 58.9 Å². The van der Waals surface area contributed by atoms with E-state index in [9.17, 15) is 0 Å².